The quantitative estimate of drug-likeness (QED) is 0.440. The number of carbonyl (C=O) groups excluding carboxylic acids is 1. The highest BCUT2D eigenvalue weighted by Gasteiger charge is 2.26. The fourth-order valence-corrected chi connectivity index (χ4v) is 4.16. The molecule has 2 aliphatic rings. The van der Waals surface area contributed by atoms with Crippen LogP contribution < -0.4 is 5.73 Å². The predicted molar refractivity (Wildman–Crippen MR) is 114 cm³/mol. The average Bonchev–Trinajstić information content (AvgIpc) is 2.59. The van der Waals surface area contributed by atoms with Crippen LogP contribution in [-0.2, 0) is 4.74 Å². The second-order valence-corrected chi connectivity index (χ2v) is 9.61. The molecule has 2 fully saturated rings. The summed E-state index contributed by atoms with van der Waals surface area (Å²) < 4.78 is 5.43. The zero-order chi connectivity index (χ0) is 20.7. The zero-order valence-corrected chi connectivity index (χ0v) is 18.6. The molecule has 0 aromatic carbocycles. The molecule has 1 amide bonds. The Balaban J connectivity index is 1.63. The van der Waals surface area contributed by atoms with Crippen LogP contribution in [0.1, 0.15) is 53.9 Å². The van der Waals surface area contributed by atoms with Crippen LogP contribution in [0.15, 0.2) is 4.99 Å². The molecular formula is C21H41N5O2. The molecule has 0 bridgehead atoms. The van der Waals surface area contributed by atoms with Gasteiger partial charge in [0, 0.05) is 45.8 Å². The number of likely N-dealkylation sites (tertiary alicyclic amines) is 1. The lowest BCUT2D eigenvalue weighted by Crippen LogP contribution is -2.53. The van der Waals surface area contributed by atoms with Crippen LogP contribution in [0.2, 0.25) is 0 Å². The molecule has 2 saturated heterocycles. The summed E-state index contributed by atoms with van der Waals surface area (Å²) in [4.78, 5) is 23.1. The monoisotopic (exact) mass is 395 g/mol. The number of hydrogen-bond donors (Lipinski definition) is 1. The van der Waals surface area contributed by atoms with E-state index in [-0.39, 0.29) is 6.09 Å². The lowest BCUT2D eigenvalue weighted by Gasteiger charge is -2.36. The SMILES string of the molecule is CC1CC(C)CN(CCCCN=C(N)N2CCN(C(=O)OC(C)(C)C)CC2)C1. The van der Waals surface area contributed by atoms with E-state index in [4.69, 9.17) is 10.5 Å². The molecule has 2 unspecified atom stereocenters. The Bertz CT molecular complexity index is 513. The van der Waals surface area contributed by atoms with Gasteiger partial charge in [0.25, 0.3) is 0 Å². The van der Waals surface area contributed by atoms with Crippen molar-refractivity contribution in [2.24, 2.45) is 22.6 Å². The summed E-state index contributed by atoms with van der Waals surface area (Å²) in [6.45, 7) is 17.4. The van der Waals surface area contributed by atoms with Crippen molar-refractivity contribution < 1.29 is 9.53 Å². The molecule has 2 atom stereocenters. The summed E-state index contributed by atoms with van der Waals surface area (Å²) in [5.41, 5.74) is 5.70. The highest BCUT2D eigenvalue weighted by molar-refractivity contribution is 5.78. The first-order valence-electron chi connectivity index (χ1n) is 10.9. The van der Waals surface area contributed by atoms with Crippen molar-refractivity contribution in [2.45, 2.75) is 59.5 Å². The summed E-state index contributed by atoms with van der Waals surface area (Å²) in [5, 5.41) is 0. The first kappa shape index (κ1) is 22.8. The number of ether oxygens (including phenoxy) is 1. The maximum atomic E-state index is 12.1. The lowest BCUT2D eigenvalue weighted by atomic mass is 9.92. The minimum atomic E-state index is -0.459. The van der Waals surface area contributed by atoms with Crippen LogP contribution >= 0.6 is 0 Å². The third-order valence-electron chi connectivity index (χ3n) is 5.36. The van der Waals surface area contributed by atoms with Gasteiger partial charge in [-0.25, -0.2) is 4.79 Å². The van der Waals surface area contributed by atoms with E-state index in [1.54, 1.807) is 4.90 Å². The highest BCUT2D eigenvalue weighted by atomic mass is 16.6. The van der Waals surface area contributed by atoms with Crippen molar-refractivity contribution in [3.05, 3.63) is 0 Å². The van der Waals surface area contributed by atoms with Gasteiger partial charge in [-0.05, 0) is 58.4 Å². The molecule has 7 heteroatoms. The summed E-state index contributed by atoms with van der Waals surface area (Å²) in [5.74, 6) is 2.23. The number of piperidine rings is 1. The van der Waals surface area contributed by atoms with Crippen molar-refractivity contribution in [3.8, 4) is 0 Å². The normalized spacial score (nSPS) is 25.1. The molecule has 0 aliphatic carbocycles. The Morgan fingerprint density at radius 3 is 2.18 bits per heavy atom. The van der Waals surface area contributed by atoms with Crippen LogP contribution in [-0.4, -0.2) is 84.7 Å². The summed E-state index contributed by atoms with van der Waals surface area (Å²) >= 11 is 0. The molecule has 0 spiro atoms. The van der Waals surface area contributed by atoms with Gasteiger partial charge in [0.15, 0.2) is 5.96 Å². The minimum Gasteiger partial charge on any atom is -0.444 e. The number of aliphatic imine (C=N–C) groups is 1. The number of piperazine rings is 1. The van der Waals surface area contributed by atoms with Crippen molar-refractivity contribution in [2.75, 3.05) is 52.4 Å². The van der Waals surface area contributed by atoms with Crippen LogP contribution in [0.25, 0.3) is 0 Å². The van der Waals surface area contributed by atoms with Gasteiger partial charge in [0.2, 0.25) is 0 Å². The fourth-order valence-electron chi connectivity index (χ4n) is 4.16. The highest BCUT2D eigenvalue weighted by Crippen LogP contribution is 2.21. The van der Waals surface area contributed by atoms with E-state index >= 15 is 0 Å². The molecule has 2 heterocycles. The Morgan fingerprint density at radius 2 is 1.61 bits per heavy atom. The second-order valence-electron chi connectivity index (χ2n) is 9.61. The van der Waals surface area contributed by atoms with E-state index in [9.17, 15) is 4.79 Å². The van der Waals surface area contributed by atoms with Crippen molar-refractivity contribution in [3.63, 3.8) is 0 Å². The molecule has 0 saturated carbocycles. The fraction of sp³-hybridized carbons (Fsp3) is 0.905. The third kappa shape index (κ3) is 7.86. The van der Waals surface area contributed by atoms with Crippen molar-refractivity contribution >= 4 is 12.1 Å². The lowest BCUT2D eigenvalue weighted by molar-refractivity contribution is 0.0186. The minimum absolute atomic E-state index is 0.246. The van der Waals surface area contributed by atoms with Crippen molar-refractivity contribution in [1.29, 1.82) is 0 Å². The third-order valence-corrected chi connectivity index (χ3v) is 5.36. The second kappa shape index (κ2) is 10.3. The smallest absolute Gasteiger partial charge is 0.410 e. The Labute approximate surface area is 171 Å². The Hall–Kier alpha value is -1.50. The van der Waals surface area contributed by atoms with Crippen LogP contribution in [0, 0.1) is 11.8 Å². The molecule has 2 N–H and O–H groups in total. The van der Waals surface area contributed by atoms with Gasteiger partial charge in [-0.1, -0.05) is 13.8 Å². The number of guanidine groups is 1. The van der Waals surface area contributed by atoms with Crippen molar-refractivity contribution in [1.82, 2.24) is 14.7 Å². The van der Waals surface area contributed by atoms with Crippen LogP contribution in [0.4, 0.5) is 4.79 Å². The van der Waals surface area contributed by atoms with Crippen LogP contribution in [0.5, 0.6) is 0 Å². The summed E-state index contributed by atoms with van der Waals surface area (Å²) in [6, 6.07) is 0. The van der Waals surface area contributed by atoms with Gasteiger partial charge in [0.1, 0.15) is 5.60 Å². The standard InChI is InChI=1S/C21H41N5O2/c1-17-14-18(2)16-24(15-17)9-7-6-8-23-19(22)25-10-12-26(13-11-25)20(27)28-21(3,4)5/h17-18H,6-16H2,1-5H3,(H2,22,23). The van der Waals surface area contributed by atoms with E-state index in [1.165, 1.54) is 32.5 Å². The number of unbranched alkanes of at least 4 members (excludes halogenated alkanes) is 1. The first-order chi connectivity index (χ1) is 13.1. The van der Waals surface area contributed by atoms with E-state index in [0.29, 0.717) is 32.1 Å². The van der Waals surface area contributed by atoms with Crippen LogP contribution in [0.3, 0.4) is 0 Å². The molecule has 0 radical (unpaired) electrons. The predicted octanol–water partition coefficient (Wildman–Crippen LogP) is 2.61. The van der Waals surface area contributed by atoms with E-state index in [2.05, 4.69) is 28.6 Å². The summed E-state index contributed by atoms with van der Waals surface area (Å²) in [7, 11) is 0. The topological polar surface area (TPSA) is 74.4 Å². The van der Waals surface area contributed by atoms with E-state index in [0.717, 1.165) is 24.8 Å². The zero-order valence-electron chi connectivity index (χ0n) is 18.6. The van der Waals surface area contributed by atoms with Gasteiger partial charge in [-0.2, -0.15) is 0 Å². The summed E-state index contributed by atoms with van der Waals surface area (Å²) in [6.07, 6.45) is 3.35. The number of nitrogens with zero attached hydrogens (tertiary/aromatic N) is 4. The number of rotatable bonds is 5. The number of nitrogens with two attached hydrogens (primary N) is 1. The molecule has 2 aliphatic heterocycles. The van der Waals surface area contributed by atoms with Gasteiger partial charge in [-0.15, -0.1) is 0 Å². The Morgan fingerprint density at radius 1 is 1.04 bits per heavy atom. The Kier molecular flexibility index (Phi) is 8.40. The average molecular weight is 396 g/mol. The number of amides is 1. The van der Waals surface area contributed by atoms with Gasteiger partial charge in [0.05, 0.1) is 0 Å². The van der Waals surface area contributed by atoms with E-state index in [1.807, 2.05) is 20.8 Å². The first-order valence-corrected chi connectivity index (χ1v) is 10.9. The van der Waals surface area contributed by atoms with Gasteiger partial charge in [-0.3, -0.25) is 4.99 Å². The molecule has 2 rings (SSSR count). The molecular weight excluding hydrogens is 354 g/mol. The van der Waals surface area contributed by atoms with E-state index < -0.39 is 5.60 Å². The maximum absolute atomic E-state index is 12.1. The number of carbonyl (C=O) groups is 1. The molecule has 0 aromatic rings. The van der Waals surface area contributed by atoms with Gasteiger partial charge < -0.3 is 25.2 Å². The maximum Gasteiger partial charge on any atom is 0.410 e. The number of hydrogen-bond acceptors (Lipinski definition) is 4. The molecule has 28 heavy (non-hydrogen) atoms. The van der Waals surface area contributed by atoms with Gasteiger partial charge >= 0.3 is 6.09 Å². The molecule has 7 nitrogen and oxygen atoms in total. The molecule has 0 aromatic heterocycles. The molecule has 162 valence electrons. The largest absolute Gasteiger partial charge is 0.444 e.